The van der Waals surface area contributed by atoms with E-state index in [0.29, 0.717) is 17.7 Å². The molecule has 7 nitrogen and oxygen atoms in total. The van der Waals surface area contributed by atoms with Crippen LogP contribution in [0.1, 0.15) is 5.56 Å². The Balaban J connectivity index is 1.93. The number of halogens is 1. The Morgan fingerprint density at radius 3 is 2.55 bits per heavy atom. The van der Waals surface area contributed by atoms with Gasteiger partial charge in [-0.05, 0) is 24.7 Å². The average molecular weight is 338 g/mol. The molecule has 2 heterocycles. The maximum Gasteiger partial charge on any atom is 0.240 e. The zero-order valence-corrected chi connectivity index (χ0v) is 13.1. The fraction of sp³-hybridized carbons (Fsp3) is 0.154. The molecule has 0 saturated carbocycles. The van der Waals surface area contributed by atoms with Crippen molar-refractivity contribution >= 4 is 32.8 Å². The highest BCUT2D eigenvalue weighted by Gasteiger charge is 2.13. The Morgan fingerprint density at radius 2 is 1.86 bits per heavy atom. The second kappa shape index (κ2) is 5.64. The molecule has 1 N–H and O–H groups in total. The van der Waals surface area contributed by atoms with Crippen LogP contribution in [-0.4, -0.2) is 35.2 Å². The molecule has 0 aliphatic heterocycles. The molecule has 0 bridgehead atoms. The van der Waals surface area contributed by atoms with Gasteiger partial charge in [0.1, 0.15) is 5.52 Å². The van der Waals surface area contributed by atoms with E-state index >= 15 is 0 Å². The monoisotopic (exact) mass is 337 g/mol. The van der Waals surface area contributed by atoms with E-state index in [9.17, 15) is 8.42 Å². The maximum absolute atomic E-state index is 11.7. The van der Waals surface area contributed by atoms with Gasteiger partial charge in [-0.25, -0.2) is 27.8 Å². The van der Waals surface area contributed by atoms with Crippen molar-refractivity contribution in [2.24, 2.45) is 0 Å². The molecule has 0 spiro atoms. The molecule has 0 atom stereocenters. The van der Waals surface area contributed by atoms with Gasteiger partial charge in [0.15, 0.2) is 10.8 Å². The predicted molar refractivity (Wildman–Crippen MR) is 82.1 cm³/mol. The summed E-state index contributed by atoms with van der Waals surface area (Å²) in [4.78, 5) is 8.56. The number of benzene rings is 1. The quantitative estimate of drug-likeness (QED) is 0.778. The number of nitrogens with one attached hydrogen (secondary N) is 1. The van der Waals surface area contributed by atoms with Gasteiger partial charge in [0.2, 0.25) is 10.0 Å². The SMILES string of the molecule is CNS(=O)(=O)c1ccc(Cn2nc(Cl)c3nccnc32)cc1. The van der Waals surface area contributed by atoms with Crippen LogP contribution in [0.25, 0.3) is 11.2 Å². The van der Waals surface area contributed by atoms with Crippen molar-refractivity contribution in [2.45, 2.75) is 11.4 Å². The van der Waals surface area contributed by atoms with Crippen molar-refractivity contribution < 1.29 is 8.42 Å². The highest BCUT2D eigenvalue weighted by Crippen LogP contribution is 2.19. The minimum Gasteiger partial charge on any atom is -0.248 e. The smallest absolute Gasteiger partial charge is 0.240 e. The fourth-order valence-corrected chi connectivity index (χ4v) is 3.00. The van der Waals surface area contributed by atoms with Gasteiger partial charge < -0.3 is 0 Å². The summed E-state index contributed by atoms with van der Waals surface area (Å²) in [7, 11) is -2.06. The van der Waals surface area contributed by atoms with Gasteiger partial charge in [-0.1, -0.05) is 23.7 Å². The Hall–Kier alpha value is -2.03. The van der Waals surface area contributed by atoms with E-state index < -0.39 is 10.0 Å². The molecule has 3 rings (SSSR count). The van der Waals surface area contributed by atoms with Crippen molar-refractivity contribution in [3.63, 3.8) is 0 Å². The van der Waals surface area contributed by atoms with Crippen molar-refractivity contribution in [2.75, 3.05) is 7.05 Å². The number of hydrogen-bond acceptors (Lipinski definition) is 5. The minimum absolute atomic E-state index is 0.210. The van der Waals surface area contributed by atoms with Crippen LogP contribution in [-0.2, 0) is 16.6 Å². The van der Waals surface area contributed by atoms with Crippen LogP contribution in [0.2, 0.25) is 5.15 Å². The van der Waals surface area contributed by atoms with E-state index in [0.717, 1.165) is 5.56 Å². The number of rotatable bonds is 4. The highest BCUT2D eigenvalue weighted by atomic mass is 35.5. The van der Waals surface area contributed by atoms with Crippen LogP contribution in [0.15, 0.2) is 41.6 Å². The molecule has 0 aliphatic carbocycles. The predicted octanol–water partition coefficient (Wildman–Crippen LogP) is 1.44. The summed E-state index contributed by atoms with van der Waals surface area (Å²) < 4.78 is 27.3. The van der Waals surface area contributed by atoms with Gasteiger partial charge in [-0.2, -0.15) is 5.10 Å². The summed E-state index contributed by atoms with van der Waals surface area (Å²) in [5.41, 5.74) is 2.00. The molecule has 114 valence electrons. The summed E-state index contributed by atoms with van der Waals surface area (Å²) in [6.07, 6.45) is 3.12. The molecule has 0 aliphatic rings. The molecule has 22 heavy (non-hydrogen) atoms. The first kappa shape index (κ1) is 14.9. The Morgan fingerprint density at radius 1 is 1.18 bits per heavy atom. The maximum atomic E-state index is 11.7. The third-order valence-corrected chi connectivity index (χ3v) is 4.85. The number of fused-ring (bicyclic) bond motifs is 1. The van der Waals surface area contributed by atoms with E-state index in [1.807, 2.05) is 0 Å². The third-order valence-electron chi connectivity index (χ3n) is 3.16. The lowest BCUT2D eigenvalue weighted by Crippen LogP contribution is -2.18. The van der Waals surface area contributed by atoms with Crippen LogP contribution < -0.4 is 4.72 Å². The Labute approximate surface area is 132 Å². The van der Waals surface area contributed by atoms with E-state index in [2.05, 4.69) is 19.8 Å². The molecule has 3 aromatic rings. The lowest BCUT2D eigenvalue weighted by Gasteiger charge is -2.05. The largest absolute Gasteiger partial charge is 0.248 e. The molecule has 0 radical (unpaired) electrons. The van der Waals surface area contributed by atoms with E-state index in [-0.39, 0.29) is 10.0 Å². The van der Waals surface area contributed by atoms with Crippen molar-refractivity contribution in [3.05, 3.63) is 47.4 Å². The molecule has 0 saturated heterocycles. The second-order valence-corrected chi connectivity index (χ2v) is 6.77. The first-order valence-electron chi connectivity index (χ1n) is 6.37. The molecule has 1 aromatic carbocycles. The first-order chi connectivity index (χ1) is 10.5. The zero-order chi connectivity index (χ0) is 15.7. The van der Waals surface area contributed by atoms with Gasteiger partial charge in [0.05, 0.1) is 11.4 Å². The summed E-state index contributed by atoms with van der Waals surface area (Å²) in [6, 6.07) is 6.53. The first-order valence-corrected chi connectivity index (χ1v) is 8.23. The molecule has 0 unspecified atom stereocenters. The summed E-state index contributed by atoms with van der Waals surface area (Å²) in [6.45, 7) is 0.418. The lowest BCUT2D eigenvalue weighted by atomic mass is 10.2. The molecule has 9 heteroatoms. The van der Waals surface area contributed by atoms with Crippen LogP contribution >= 0.6 is 11.6 Å². The number of sulfonamides is 1. The number of hydrogen-bond donors (Lipinski definition) is 1. The standard InChI is InChI=1S/C13H12ClN5O2S/c1-15-22(20,21)10-4-2-9(3-5-10)8-19-13-11(12(14)18-19)16-6-7-17-13/h2-7,15H,8H2,1H3. The zero-order valence-electron chi connectivity index (χ0n) is 11.6. The van der Waals surface area contributed by atoms with Gasteiger partial charge in [0.25, 0.3) is 0 Å². The minimum atomic E-state index is -3.43. The molecule has 0 fully saturated rings. The summed E-state index contributed by atoms with van der Waals surface area (Å²) in [5, 5.41) is 4.49. The fourth-order valence-electron chi connectivity index (χ4n) is 2.04. The van der Waals surface area contributed by atoms with Gasteiger partial charge in [-0.3, -0.25) is 0 Å². The van der Waals surface area contributed by atoms with E-state index in [4.69, 9.17) is 11.6 Å². The van der Waals surface area contributed by atoms with Crippen molar-refractivity contribution in [3.8, 4) is 0 Å². The lowest BCUT2D eigenvalue weighted by molar-refractivity contribution is 0.588. The summed E-state index contributed by atoms with van der Waals surface area (Å²) >= 11 is 6.03. The Bertz CT molecular complexity index is 921. The van der Waals surface area contributed by atoms with Crippen LogP contribution in [0.4, 0.5) is 0 Å². The highest BCUT2D eigenvalue weighted by molar-refractivity contribution is 7.89. The van der Waals surface area contributed by atoms with Crippen molar-refractivity contribution in [1.29, 1.82) is 0 Å². The number of nitrogens with zero attached hydrogens (tertiary/aromatic N) is 4. The average Bonchev–Trinajstić information content (AvgIpc) is 2.85. The van der Waals surface area contributed by atoms with Gasteiger partial charge in [0, 0.05) is 12.4 Å². The second-order valence-electron chi connectivity index (χ2n) is 4.53. The molecule has 0 amide bonds. The third kappa shape index (κ3) is 2.68. The topological polar surface area (TPSA) is 89.8 Å². The van der Waals surface area contributed by atoms with Gasteiger partial charge in [-0.15, -0.1) is 0 Å². The number of aromatic nitrogens is 4. The van der Waals surface area contributed by atoms with Crippen LogP contribution in [0.3, 0.4) is 0 Å². The normalized spacial score (nSPS) is 11.9. The van der Waals surface area contributed by atoms with E-state index in [1.165, 1.54) is 7.05 Å². The van der Waals surface area contributed by atoms with Crippen molar-refractivity contribution in [1.82, 2.24) is 24.5 Å². The molecular formula is C13H12ClN5O2S. The van der Waals surface area contributed by atoms with Gasteiger partial charge >= 0.3 is 0 Å². The van der Waals surface area contributed by atoms with Crippen LogP contribution in [0, 0.1) is 0 Å². The molecule has 2 aromatic heterocycles. The van der Waals surface area contributed by atoms with Crippen LogP contribution in [0.5, 0.6) is 0 Å². The van der Waals surface area contributed by atoms with E-state index in [1.54, 1.807) is 41.3 Å². The molecular weight excluding hydrogens is 326 g/mol. The summed E-state index contributed by atoms with van der Waals surface area (Å²) in [5.74, 6) is 0. The Kier molecular flexibility index (Phi) is 3.81.